The quantitative estimate of drug-likeness (QED) is 0.789. The zero-order chi connectivity index (χ0) is 13.8. The summed E-state index contributed by atoms with van der Waals surface area (Å²) in [6.45, 7) is 3.41. The van der Waals surface area contributed by atoms with E-state index in [2.05, 4.69) is 47.6 Å². The van der Waals surface area contributed by atoms with E-state index in [1.165, 1.54) is 48.0 Å². The molecular weight excluding hydrogens is 264 g/mol. The first-order valence-electron chi connectivity index (χ1n) is 7.79. The van der Waals surface area contributed by atoms with Gasteiger partial charge in [-0.3, -0.25) is 0 Å². The van der Waals surface area contributed by atoms with Crippen molar-refractivity contribution in [3.63, 3.8) is 0 Å². The van der Waals surface area contributed by atoms with Crippen LogP contribution < -0.4 is 5.32 Å². The molecule has 1 atom stereocenters. The Bertz CT molecular complexity index is 510. The maximum absolute atomic E-state index is 3.74. The van der Waals surface area contributed by atoms with Gasteiger partial charge in [-0.25, -0.2) is 0 Å². The van der Waals surface area contributed by atoms with E-state index in [1.807, 2.05) is 11.8 Å². The van der Waals surface area contributed by atoms with E-state index in [-0.39, 0.29) is 0 Å². The average molecular weight is 288 g/mol. The second-order valence-corrected chi connectivity index (χ2v) is 7.37. The van der Waals surface area contributed by atoms with Crippen molar-refractivity contribution in [1.82, 2.24) is 10.3 Å². The van der Waals surface area contributed by atoms with Gasteiger partial charge in [-0.1, -0.05) is 44.4 Å². The number of aromatic nitrogens is 1. The third-order valence-corrected chi connectivity index (χ3v) is 5.18. The number of hydrogen-bond acceptors (Lipinski definition) is 2. The second-order valence-electron chi connectivity index (χ2n) is 5.89. The summed E-state index contributed by atoms with van der Waals surface area (Å²) >= 11 is 1.94. The van der Waals surface area contributed by atoms with E-state index in [9.17, 15) is 0 Å². The van der Waals surface area contributed by atoms with E-state index >= 15 is 0 Å². The maximum Gasteiger partial charge on any atom is 0.0735 e. The van der Waals surface area contributed by atoms with Crippen LogP contribution in [0.2, 0.25) is 0 Å². The highest BCUT2D eigenvalue weighted by Gasteiger charge is 2.14. The molecule has 0 radical (unpaired) electrons. The molecule has 1 fully saturated rings. The second kappa shape index (κ2) is 6.68. The van der Waals surface area contributed by atoms with Crippen LogP contribution in [-0.4, -0.2) is 22.8 Å². The predicted octanol–water partition coefficient (Wildman–Crippen LogP) is 4.57. The molecule has 3 heteroatoms. The van der Waals surface area contributed by atoms with Crippen LogP contribution in [0.1, 0.15) is 39.0 Å². The van der Waals surface area contributed by atoms with Crippen LogP contribution in [0, 0.1) is 0 Å². The van der Waals surface area contributed by atoms with Gasteiger partial charge in [0.15, 0.2) is 0 Å². The number of H-pyrrole nitrogens is 1. The van der Waals surface area contributed by atoms with Crippen molar-refractivity contribution < 1.29 is 0 Å². The molecule has 3 rings (SSSR count). The summed E-state index contributed by atoms with van der Waals surface area (Å²) in [4.78, 5) is 3.50. The molecular formula is C17H24N2S. The monoisotopic (exact) mass is 288 g/mol. The van der Waals surface area contributed by atoms with Crippen molar-refractivity contribution in [3.05, 3.63) is 30.3 Å². The lowest BCUT2D eigenvalue weighted by Gasteiger charge is -2.24. The lowest BCUT2D eigenvalue weighted by Crippen LogP contribution is -2.35. The molecule has 1 aliphatic rings. The Balaban J connectivity index is 1.51. The first kappa shape index (κ1) is 14.0. The van der Waals surface area contributed by atoms with Crippen molar-refractivity contribution in [2.75, 3.05) is 6.54 Å². The highest BCUT2D eigenvalue weighted by molar-refractivity contribution is 7.99. The molecule has 0 amide bonds. The summed E-state index contributed by atoms with van der Waals surface area (Å²) in [6.07, 6.45) is 6.97. The fourth-order valence-electron chi connectivity index (χ4n) is 3.01. The minimum atomic E-state index is 0.602. The lowest BCUT2D eigenvalue weighted by atomic mass is 9.95. The van der Waals surface area contributed by atoms with Gasteiger partial charge in [-0.15, -0.1) is 11.8 Å². The number of hydrogen-bond donors (Lipinski definition) is 2. The molecule has 2 N–H and O–H groups in total. The SMILES string of the molecule is CC(CNC1CCCCC1)Sc1cc2ccccc2[nH]1. The minimum absolute atomic E-state index is 0.602. The standard InChI is InChI=1S/C17H24N2S/c1-13(12-18-15-8-3-2-4-9-15)20-17-11-14-7-5-6-10-16(14)19-17/h5-7,10-11,13,15,18-19H,2-4,8-9,12H2,1H3. The van der Waals surface area contributed by atoms with Crippen LogP contribution in [0.25, 0.3) is 10.9 Å². The fraction of sp³-hybridized carbons (Fsp3) is 0.529. The molecule has 0 aliphatic heterocycles. The topological polar surface area (TPSA) is 27.8 Å². The molecule has 0 spiro atoms. The van der Waals surface area contributed by atoms with Gasteiger partial charge in [0.05, 0.1) is 5.03 Å². The van der Waals surface area contributed by atoms with Gasteiger partial charge < -0.3 is 10.3 Å². The number of aromatic amines is 1. The van der Waals surface area contributed by atoms with Crippen LogP contribution in [0.3, 0.4) is 0 Å². The zero-order valence-electron chi connectivity index (χ0n) is 12.2. The van der Waals surface area contributed by atoms with Crippen LogP contribution in [0.15, 0.2) is 35.4 Å². The highest BCUT2D eigenvalue weighted by Crippen LogP contribution is 2.26. The first-order valence-corrected chi connectivity index (χ1v) is 8.67. The third-order valence-electron chi connectivity index (χ3n) is 4.13. The fourth-order valence-corrected chi connectivity index (χ4v) is 3.98. The summed E-state index contributed by atoms with van der Waals surface area (Å²) in [7, 11) is 0. The van der Waals surface area contributed by atoms with Gasteiger partial charge in [0.2, 0.25) is 0 Å². The number of fused-ring (bicyclic) bond motifs is 1. The Kier molecular flexibility index (Phi) is 4.69. The summed E-state index contributed by atoms with van der Waals surface area (Å²) in [5, 5.41) is 6.93. The Morgan fingerprint density at radius 2 is 2.05 bits per heavy atom. The Labute approximate surface area is 125 Å². The van der Waals surface area contributed by atoms with Gasteiger partial charge in [0.25, 0.3) is 0 Å². The lowest BCUT2D eigenvalue weighted by molar-refractivity contribution is 0.375. The van der Waals surface area contributed by atoms with Crippen molar-refractivity contribution >= 4 is 22.7 Å². The van der Waals surface area contributed by atoms with Crippen LogP contribution in [-0.2, 0) is 0 Å². The van der Waals surface area contributed by atoms with Gasteiger partial charge in [-0.05, 0) is 25.0 Å². The van der Waals surface area contributed by atoms with Gasteiger partial charge >= 0.3 is 0 Å². The third kappa shape index (κ3) is 3.58. The van der Waals surface area contributed by atoms with E-state index in [4.69, 9.17) is 0 Å². The van der Waals surface area contributed by atoms with Crippen LogP contribution >= 0.6 is 11.8 Å². The minimum Gasteiger partial charge on any atom is -0.350 e. The van der Waals surface area contributed by atoms with Crippen LogP contribution in [0.5, 0.6) is 0 Å². The largest absolute Gasteiger partial charge is 0.350 e. The molecule has 1 saturated carbocycles. The molecule has 1 unspecified atom stereocenters. The van der Waals surface area contributed by atoms with Crippen LogP contribution in [0.4, 0.5) is 0 Å². The van der Waals surface area contributed by atoms with Crippen molar-refractivity contribution in [2.45, 2.75) is 55.3 Å². The predicted molar refractivity (Wildman–Crippen MR) is 88.5 cm³/mol. The molecule has 1 aromatic carbocycles. The number of rotatable bonds is 5. The van der Waals surface area contributed by atoms with Crippen molar-refractivity contribution in [3.8, 4) is 0 Å². The smallest absolute Gasteiger partial charge is 0.0735 e. The van der Waals surface area contributed by atoms with Crippen molar-refractivity contribution in [2.24, 2.45) is 0 Å². The number of nitrogens with one attached hydrogen (secondary N) is 2. The molecule has 2 aromatic rings. The Hall–Kier alpha value is -0.930. The highest BCUT2D eigenvalue weighted by atomic mass is 32.2. The molecule has 1 aromatic heterocycles. The average Bonchev–Trinajstić information content (AvgIpc) is 2.88. The molecule has 0 saturated heterocycles. The van der Waals surface area contributed by atoms with Gasteiger partial charge in [0.1, 0.15) is 0 Å². The Morgan fingerprint density at radius 1 is 1.25 bits per heavy atom. The van der Waals surface area contributed by atoms with E-state index < -0.39 is 0 Å². The number of para-hydroxylation sites is 1. The molecule has 20 heavy (non-hydrogen) atoms. The molecule has 1 heterocycles. The van der Waals surface area contributed by atoms with Crippen molar-refractivity contribution in [1.29, 1.82) is 0 Å². The van der Waals surface area contributed by atoms with E-state index in [0.29, 0.717) is 5.25 Å². The summed E-state index contributed by atoms with van der Waals surface area (Å²) < 4.78 is 0. The Morgan fingerprint density at radius 3 is 2.85 bits per heavy atom. The number of benzene rings is 1. The summed E-state index contributed by atoms with van der Waals surface area (Å²) in [6, 6.07) is 11.5. The molecule has 1 aliphatic carbocycles. The molecule has 108 valence electrons. The van der Waals surface area contributed by atoms with Gasteiger partial charge in [0, 0.05) is 28.7 Å². The zero-order valence-corrected chi connectivity index (χ0v) is 13.0. The summed E-state index contributed by atoms with van der Waals surface area (Å²) in [5.41, 5.74) is 1.24. The van der Waals surface area contributed by atoms with E-state index in [0.717, 1.165) is 12.6 Å². The number of thioether (sulfide) groups is 1. The summed E-state index contributed by atoms with van der Waals surface area (Å²) in [5.74, 6) is 0. The first-order chi connectivity index (χ1) is 9.81. The maximum atomic E-state index is 3.74. The van der Waals surface area contributed by atoms with E-state index in [1.54, 1.807) is 0 Å². The molecule has 2 nitrogen and oxygen atoms in total. The normalized spacial score (nSPS) is 18.4. The molecule has 0 bridgehead atoms. The van der Waals surface area contributed by atoms with Gasteiger partial charge in [-0.2, -0.15) is 0 Å².